The fourth-order valence-corrected chi connectivity index (χ4v) is 2.25. The van der Waals surface area contributed by atoms with Gasteiger partial charge in [-0.1, -0.05) is 20.8 Å². The third kappa shape index (κ3) is 11.2. The molecule has 0 bridgehead atoms. The number of carbonyl (C=O) groups is 2. The van der Waals surface area contributed by atoms with Gasteiger partial charge in [0.1, 0.15) is 5.60 Å². The van der Waals surface area contributed by atoms with E-state index in [2.05, 4.69) is 20.9 Å². The molecule has 1 amide bonds. The lowest BCUT2D eigenvalue weighted by molar-refractivity contribution is -0.144. The number of nitrogens with one attached hydrogen (secondary N) is 3. The molecule has 1 atom stereocenters. The van der Waals surface area contributed by atoms with Crippen molar-refractivity contribution in [2.24, 2.45) is 10.9 Å². The number of amides is 1. The molecule has 27 heavy (non-hydrogen) atoms. The van der Waals surface area contributed by atoms with Crippen LogP contribution < -0.4 is 16.0 Å². The van der Waals surface area contributed by atoms with Gasteiger partial charge in [0, 0.05) is 20.1 Å². The van der Waals surface area contributed by atoms with E-state index in [4.69, 9.17) is 9.47 Å². The van der Waals surface area contributed by atoms with Crippen LogP contribution in [0.4, 0.5) is 4.79 Å². The van der Waals surface area contributed by atoms with E-state index in [0.29, 0.717) is 19.0 Å². The Bertz CT molecular complexity index is 488. The summed E-state index contributed by atoms with van der Waals surface area (Å²) in [6.07, 6.45) is 1.02. The van der Waals surface area contributed by atoms with Crippen LogP contribution in [0.5, 0.6) is 0 Å². The molecule has 0 aromatic carbocycles. The van der Waals surface area contributed by atoms with Crippen LogP contribution >= 0.6 is 24.0 Å². The van der Waals surface area contributed by atoms with Crippen molar-refractivity contribution in [3.05, 3.63) is 0 Å². The minimum Gasteiger partial charge on any atom is -0.469 e. The number of halogens is 1. The summed E-state index contributed by atoms with van der Waals surface area (Å²) in [7, 11) is 3.02. The maximum atomic E-state index is 12.2. The van der Waals surface area contributed by atoms with E-state index in [-0.39, 0.29) is 35.9 Å². The molecule has 0 rings (SSSR count). The van der Waals surface area contributed by atoms with Crippen molar-refractivity contribution in [1.29, 1.82) is 0 Å². The monoisotopic (exact) mass is 500 g/mol. The minimum absolute atomic E-state index is 0. The van der Waals surface area contributed by atoms with Gasteiger partial charge in [0.05, 0.1) is 18.6 Å². The lowest BCUT2D eigenvalue weighted by Crippen LogP contribution is -2.57. The molecule has 0 aromatic rings. The lowest BCUT2D eigenvalue weighted by atomic mass is 9.93. The summed E-state index contributed by atoms with van der Waals surface area (Å²) >= 11 is 0. The predicted molar refractivity (Wildman–Crippen MR) is 119 cm³/mol. The molecule has 0 fully saturated rings. The summed E-state index contributed by atoms with van der Waals surface area (Å²) in [5, 5.41) is 9.28. The van der Waals surface area contributed by atoms with E-state index in [9.17, 15) is 9.59 Å². The molecule has 0 aromatic heterocycles. The summed E-state index contributed by atoms with van der Waals surface area (Å²) < 4.78 is 10.1. The van der Waals surface area contributed by atoms with Gasteiger partial charge in [0.15, 0.2) is 5.96 Å². The highest BCUT2D eigenvalue weighted by atomic mass is 127. The average molecular weight is 500 g/mol. The molecule has 0 aliphatic carbocycles. The van der Waals surface area contributed by atoms with Crippen molar-refractivity contribution in [2.75, 3.05) is 27.2 Å². The zero-order valence-corrected chi connectivity index (χ0v) is 20.2. The molecule has 9 heteroatoms. The van der Waals surface area contributed by atoms with Crippen LogP contribution in [-0.4, -0.2) is 56.4 Å². The number of methoxy groups -OCH3 is 1. The van der Waals surface area contributed by atoms with E-state index in [1.54, 1.807) is 14.0 Å². The Hall–Kier alpha value is -1.26. The number of ether oxygens (including phenoxy) is 2. The first kappa shape index (κ1) is 28.0. The van der Waals surface area contributed by atoms with Crippen LogP contribution in [0.1, 0.15) is 54.4 Å². The van der Waals surface area contributed by atoms with Gasteiger partial charge in [-0.05, 0) is 33.6 Å². The van der Waals surface area contributed by atoms with E-state index < -0.39 is 17.2 Å². The standard InChI is InChI=1S/C18H36N4O4.HI/c1-9-18(10-2,22-16(24)26-17(4,5)6)12-21-15(19-7)20-11-13(3)14(23)25-8;/h13H,9-12H2,1-8H3,(H,22,24)(H2,19,20,21);1H. The van der Waals surface area contributed by atoms with Gasteiger partial charge in [-0.25, -0.2) is 4.79 Å². The van der Waals surface area contributed by atoms with E-state index in [1.807, 2.05) is 34.6 Å². The first-order valence-corrected chi connectivity index (χ1v) is 9.06. The molecule has 0 heterocycles. The quantitative estimate of drug-likeness (QED) is 0.205. The summed E-state index contributed by atoms with van der Waals surface area (Å²) in [6.45, 7) is 12.2. The summed E-state index contributed by atoms with van der Waals surface area (Å²) in [5.41, 5.74) is -1.01. The molecule has 0 aliphatic heterocycles. The average Bonchev–Trinajstić information content (AvgIpc) is 2.57. The Kier molecular flexibility index (Phi) is 13.5. The molecular weight excluding hydrogens is 463 g/mol. The summed E-state index contributed by atoms with van der Waals surface area (Å²) in [6, 6.07) is 0. The number of esters is 1. The van der Waals surface area contributed by atoms with Crippen LogP contribution in [0.15, 0.2) is 4.99 Å². The molecule has 160 valence electrons. The predicted octanol–water partition coefficient (Wildman–Crippen LogP) is 2.66. The second kappa shape index (κ2) is 13.0. The molecule has 1 unspecified atom stereocenters. The molecule has 0 spiro atoms. The third-order valence-electron chi connectivity index (χ3n) is 4.12. The first-order chi connectivity index (χ1) is 12.0. The van der Waals surface area contributed by atoms with Gasteiger partial charge in [-0.15, -0.1) is 24.0 Å². The Morgan fingerprint density at radius 3 is 2.07 bits per heavy atom. The second-order valence-corrected chi connectivity index (χ2v) is 7.35. The highest BCUT2D eigenvalue weighted by Gasteiger charge is 2.30. The van der Waals surface area contributed by atoms with Crippen LogP contribution in [-0.2, 0) is 14.3 Å². The third-order valence-corrected chi connectivity index (χ3v) is 4.12. The maximum absolute atomic E-state index is 12.2. The Balaban J connectivity index is 0. The molecular formula is C18H37IN4O4. The number of hydrogen-bond acceptors (Lipinski definition) is 5. The summed E-state index contributed by atoms with van der Waals surface area (Å²) in [4.78, 5) is 27.8. The van der Waals surface area contributed by atoms with E-state index >= 15 is 0 Å². The second-order valence-electron chi connectivity index (χ2n) is 7.35. The van der Waals surface area contributed by atoms with Crippen molar-refractivity contribution >= 4 is 42.0 Å². The molecule has 3 N–H and O–H groups in total. The number of nitrogens with zero attached hydrogens (tertiary/aromatic N) is 1. The fraction of sp³-hybridized carbons (Fsp3) is 0.833. The Labute approximate surface area is 180 Å². The maximum Gasteiger partial charge on any atom is 0.408 e. The lowest BCUT2D eigenvalue weighted by Gasteiger charge is -2.34. The number of carbonyl (C=O) groups excluding carboxylic acids is 2. The fourth-order valence-electron chi connectivity index (χ4n) is 2.25. The largest absolute Gasteiger partial charge is 0.469 e. The normalized spacial score (nSPS) is 13.1. The van der Waals surface area contributed by atoms with Crippen molar-refractivity contribution in [3.8, 4) is 0 Å². The van der Waals surface area contributed by atoms with Gasteiger partial charge in [-0.2, -0.15) is 0 Å². The summed E-state index contributed by atoms with van der Waals surface area (Å²) in [5.74, 6) is -0.0189. The zero-order valence-electron chi connectivity index (χ0n) is 17.9. The molecule has 0 saturated heterocycles. The SMILES string of the molecule is CCC(CC)(CNC(=NC)NCC(C)C(=O)OC)NC(=O)OC(C)(C)C.I. The highest BCUT2D eigenvalue weighted by Crippen LogP contribution is 2.16. The Morgan fingerprint density at radius 1 is 1.11 bits per heavy atom. The van der Waals surface area contributed by atoms with Crippen LogP contribution in [0.2, 0.25) is 0 Å². The smallest absolute Gasteiger partial charge is 0.408 e. The Morgan fingerprint density at radius 2 is 1.67 bits per heavy atom. The topological polar surface area (TPSA) is 101 Å². The van der Waals surface area contributed by atoms with E-state index in [1.165, 1.54) is 7.11 Å². The van der Waals surface area contributed by atoms with Crippen molar-refractivity contribution in [3.63, 3.8) is 0 Å². The van der Waals surface area contributed by atoms with Crippen LogP contribution in [0.25, 0.3) is 0 Å². The molecule has 8 nitrogen and oxygen atoms in total. The van der Waals surface area contributed by atoms with Gasteiger partial charge in [-0.3, -0.25) is 9.79 Å². The number of hydrogen-bond donors (Lipinski definition) is 3. The number of aliphatic imine (C=N–C) groups is 1. The minimum atomic E-state index is -0.549. The van der Waals surface area contributed by atoms with Crippen molar-refractivity contribution in [2.45, 2.75) is 65.5 Å². The molecule has 0 radical (unpaired) electrons. The molecule has 0 aliphatic rings. The van der Waals surface area contributed by atoms with Crippen LogP contribution in [0, 0.1) is 5.92 Å². The zero-order chi connectivity index (χ0) is 20.4. The van der Waals surface area contributed by atoms with Crippen molar-refractivity contribution in [1.82, 2.24) is 16.0 Å². The van der Waals surface area contributed by atoms with Gasteiger partial charge < -0.3 is 25.4 Å². The number of rotatable bonds is 8. The number of alkyl carbamates (subject to hydrolysis) is 1. The van der Waals surface area contributed by atoms with Crippen molar-refractivity contribution < 1.29 is 19.1 Å². The van der Waals surface area contributed by atoms with E-state index in [0.717, 1.165) is 12.8 Å². The number of guanidine groups is 1. The highest BCUT2D eigenvalue weighted by molar-refractivity contribution is 14.0. The van der Waals surface area contributed by atoms with Gasteiger partial charge in [0.2, 0.25) is 0 Å². The first-order valence-electron chi connectivity index (χ1n) is 9.06. The van der Waals surface area contributed by atoms with Gasteiger partial charge >= 0.3 is 12.1 Å². The van der Waals surface area contributed by atoms with Gasteiger partial charge in [0.25, 0.3) is 0 Å². The molecule has 0 saturated carbocycles. The van der Waals surface area contributed by atoms with Crippen LogP contribution in [0.3, 0.4) is 0 Å².